The van der Waals surface area contributed by atoms with Crippen LogP contribution in [0.3, 0.4) is 0 Å². The Bertz CT molecular complexity index is 579. The largest absolute Gasteiger partial charge is 0.478 e. The number of nitro groups is 1. The molecule has 0 bridgehead atoms. The number of nitrogens with zero attached hydrogens (tertiary/aromatic N) is 2. The topological polar surface area (TPSA) is 101 Å². The van der Waals surface area contributed by atoms with E-state index in [1.54, 1.807) is 6.08 Å². The van der Waals surface area contributed by atoms with Crippen molar-refractivity contribution in [2.45, 2.75) is 6.42 Å². The van der Waals surface area contributed by atoms with Gasteiger partial charge >= 0.3 is 5.97 Å². The summed E-state index contributed by atoms with van der Waals surface area (Å²) in [6.07, 6.45) is 1.92. The maximum absolute atomic E-state index is 11.9. The Morgan fingerprint density at radius 3 is 2.70 bits per heavy atom. The molecular formula is C13H12N2O5. The molecule has 0 aliphatic carbocycles. The highest BCUT2D eigenvalue weighted by Crippen LogP contribution is 2.29. The van der Waals surface area contributed by atoms with Crippen LogP contribution in [0, 0.1) is 16.0 Å². The molecule has 7 heteroatoms. The van der Waals surface area contributed by atoms with Crippen molar-refractivity contribution in [1.82, 2.24) is 0 Å². The van der Waals surface area contributed by atoms with Crippen LogP contribution in [-0.4, -0.2) is 28.5 Å². The van der Waals surface area contributed by atoms with E-state index in [0.29, 0.717) is 6.54 Å². The van der Waals surface area contributed by atoms with Gasteiger partial charge in [0.1, 0.15) is 0 Å². The highest BCUT2D eigenvalue weighted by Gasteiger charge is 2.30. The highest BCUT2D eigenvalue weighted by molar-refractivity contribution is 5.98. The normalized spacial score (nSPS) is 18.1. The van der Waals surface area contributed by atoms with E-state index in [9.17, 15) is 19.7 Å². The lowest BCUT2D eigenvalue weighted by molar-refractivity contribution is -0.384. The molecule has 104 valence electrons. The Balaban J connectivity index is 2.45. The number of rotatable bonds is 4. The number of carboxylic acid groups (broad SMARTS) is 1. The molecule has 1 heterocycles. The van der Waals surface area contributed by atoms with Gasteiger partial charge in [-0.2, -0.15) is 0 Å². The maximum atomic E-state index is 11.9. The highest BCUT2D eigenvalue weighted by atomic mass is 16.6. The van der Waals surface area contributed by atoms with Crippen LogP contribution in [0.2, 0.25) is 0 Å². The predicted molar refractivity (Wildman–Crippen MR) is 70.7 cm³/mol. The van der Waals surface area contributed by atoms with E-state index in [0.717, 1.165) is 6.07 Å². The van der Waals surface area contributed by atoms with Crippen molar-refractivity contribution < 1.29 is 19.6 Å². The van der Waals surface area contributed by atoms with Crippen LogP contribution in [0.1, 0.15) is 16.8 Å². The maximum Gasteiger partial charge on any atom is 0.336 e. The number of amides is 1. The van der Waals surface area contributed by atoms with Crippen molar-refractivity contribution >= 4 is 23.3 Å². The molecule has 1 aliphatic rings. The third-order valence-corrected chi connectivity index (χ3v) is 3.16. The minimum Gasteiger partial charge on any atom is -0.478 e. The van der Waals surface area contributed by atoms with Crippen LogP contribution < -0.4 is 4.90 Å². The van der Waals surface area contributed by atoms with Gasteiger partial charge in [-0.1, -0.05) is 6.08 Å². The number of nitro benzene ring substituents is 1. The Hall–Kier alpha value is -2.70. The average molecular weight is 276 g/mol. The molecule has 1 saturated heterocycles. The van der Waals surface area contributed by atoms with E-state index in [1.807, 2.05) is 0 Å². The van der Waals surface area contributed by atoms with Crippen LogP contribution in [0.4, 0.5) is 11.4 Å². The third-order valence-electron chi connectivity index (χ3n) is 3.16. The minimum absolute atomic E-state index is 0.0324. The summed E-state index contributed by atoms with van der Waals surface area (Å²) in [7, 11) is 0. The summed E-state index contributed by atoms with van der Waals surface area (Å²) < 4.78 is 0. The fraction of sp³-hybridized carbons (Fsp3) is 0.231. The van der Waals surface area contributed by atoms with Crippen LogP contribution in [0.25, 0.3) is 0 Å². The van der Waals surface area contributed by atoms with Crippen LogP contribution in [0.15, 0.2) is 30.9 Å². The van der Waals surface area contributed by atoms with Gasteiger partial charge < -0.3 is 10.0 Å². The van der Waals surface area contributed by atoms with Gasteiger partial charge in [0, 0.05) is 31.0 Å². The number of carboxylic acids is 1. The van der Waals surface area contributed by atoms with E-state index >= 15 is 0 Å². The van der Waals surface area contributed by atoms with Crippen molar-refractivity contribution in [3.8, 4) is 0 Å². The third kappa shape index (κ3) is 2.51. The number of carbonyl (C=O) groups is 2. The van der Waals surface area contributed by atoms with Gasteiger partial charge in [-0.25, -0.2) is 4.79 Å². The van der Waals surface area contributed by atoms with Gasteiger partial charge in [-0.05, 0) is 6.07 Å². The molecule has 1 aromatic carbocycles. The molecule has 0 aromatic heterocycles. The smallest absolute Gasteiger partial charge is 0.336 e. The summed E-state index contributed by atoms with van der Waals surface area (Å²) in [4.78, 5) is 34.4. The fourth-order valence-electron chi connectivity index (χ4n) is 2.12. The SMILES string of the molecule is C=CC1CC(=O)N(c2cc(C(=O)O)cc([N+](=O)[O-])c2)C1. The number of benzene rings is 1. The first-order valence-corrected chi connectivity index (χ1v) is 5.88. The number of aromatic carboxylic acids is 1. The molecule has 1 aliphatic heterocycles. The van der Waals surface area contributed by atoms with Crippen LogP contribution >= 0.6 is 0 Å². The Kier molecular flexibility index (Phi) is 3.51. The van der Waals surface area contributed by atoms with Crippen molar-refractivity contribution in [2.24, 2.45) is 5.92 Å². The first kappa shape index (κ1) is 13.7. The van der Waals surface area contributed by atoms with Crippen molar-refractivity contribution in [2.75, 3.05) is 11.4 Å². The monoisotopic (exact) mass is 276 g/mol. The summed E-state index contributed by atoms with van der Waals surface area (Å²) in [6, 6.07) is 3.44. The minimum atomic E-state index is -1.28. The number of carbonyl (C=O) groups excluding carboxylic acids is 1. The lowest BCUT2D eigenvalue weighted by atomic mass is 10.1. The van der Waals surface area contributed by atoms with Crippen molar-refractivity contribution in [3.05, 3.63) is 46.5 Å². The Morgan fingerprint density at radius 1 is 1.50 bits per heavy atom. The van der Waals surface area contributed by atoms with Gasteiger partial charge in [0.05, 0.1) is 16.2 Å². The molecule has 1 fully saturated rings. The summed E-state index contributed by atoms with van der Waals surface area (Å²) in [5.74, 6) is -1.51. The van der Waals surface area contributed by atoms with Gasteiger partial charge in [0.2, 0.25) is 5.91 Å². The standard InChI is InChI=1S/C13H12N2O5/c1-2-8-3-12(16)14(7-8)10-4-9(13(17)18)5-11(6-10)15(19)20/h2,4-6,8H,1,3,7H2,(H,17,18). The molecule has 1 unspecified atom stereocenters. The fourth-order valence-corrected chi connectivity index (χ4v) is 2.12. The van der Waals surface area contributed by atoms with E-state index < -0.39 is 10.9 Å². The summed E-state index contributed by atoms with van der Waals surface area (Å²) >= 11 is 0. The molecule has 0 radical (unpaired) electrons. The van der Waals surface area contributed by atoms with E-state index in [4.69, 9.17) is 5.11 Å². The zero-order valence-electron chi connectivity index (χ0n) is 10.5. The van der Waals surface area contributed by atoms with Crippen molar-refractivity contribution in [3.63, 3.8) is 0 Å². The summed E-state index contributed by atoms with van der Waals surface area (Å²) in [6.45, 7) is 3.97. The number of hydrogen-bond donors (Lipinski definition) is 1. The second-order valence-corrected chi connectivity index (χ2v) is 4.50. The van der Waals surface area contributed by atoms with E-state index in [2.05, 4.69) is 6.58 Å². The van der Waals surface area contributed by atoms with Gasteiger partial charge in [0.25, 0.3) is 5.69 Å². The Labute approximate surface area is 114 Å². The molecule has 0 spiro atoms. The molecule has 1 aromatic rings. The lowest BCUT2D eigenvalue weighted by Crippen LogP contribution is -2.24. The predicted octanol–water partition coefficient (Wildman–Crippen LogP) is 1.83. The molecule has 0 saturated carbocycles. The molecule has 1 amide bonds. The van der Waals surface area contributed by atoms with Crippen LogP contribution in [0.5, 0.6) is 0 Å². The number of anilines is 1. The molecule has 2 rings (SSSR count). The average Bonchev–Trinajstić information content (AvgIpc) is 2.79. The van der Waals surface area contributed by atoms with Gasteiger partial charge in [0.15, 0.2) is 0 Å². The number of non-ortho nitro benzene ring substituents is 1. The Morgan fingerprint density at radius 2 is 2.20 bits per heavy atom. The van der Waals surface area contributed by atoms with Gasteiger partial charge in [-0.3, -0.25) is 14.9 Å². The lowest BCUT2D eigenvalue weighted by Gasteiger charge is -2.16. The quantitative estimate of drug-likeness (QED) is 0.513. The molecule has 1 N–H and O–H groups in total. The second kappa shape index (κ2) is 5.12. The molecule has 20 heavy (non-hydrogen) atoms. The van der Waals surface area contributed by atoms with E-state index in [-0.39, 0.29) is 35.2 Å². The van der Waals surface area contributed by atoms with Crippen molar-refractivity contribution in [1.29, 1.82) is 0 Å². The zero-order chi connectivity index (χ0) is 14.9. The van der Waals surface area contributed by atoms with Crippen LogP contribution in [-0.2, 0) is 4.79 Å². The first-order chi connectivity index (χ1) is 9.42. The molecular weight excluding hydrogens is 264 g/mol. The summed E-state index contributed by atoms with van der Waals surface area (Å²) in [5, 5.41) is 19.8. The zero-order valence-corrected chi connectivity index (χ0v) is 10.5. The number of hydrogen-bond acceptors (Lipinski definition) is 4. The van der Waals surface area contributed by atoms with Gasteiger partial charge in [-0.15, -0.1) is 6.58 Å². The molecule has 1 atom stereocenters. The first-order valence-electron chi connectivity index (χ1n) is 5.88. The summed E-state index contributed by atoms with van der Waals surface area (Å²) in [5.41, 5.74) is -0.343. The molecule has 7 nitrogen and oxygen atoms in total. The second-order valence-electron chi connectivity index (χ2n) is 4.50. The van der Waals surface area contributed by atoms with E-state index in [1.165, 1.54) is 17.0 Å².